The van der Waals surface area contributed by atoms with E-state index < -0.39 is 131 Å². The zero-order chi connectivity index (χ0) is 34.5. The first-order valence-electron chi connectivity index (χ1n) is 11.3. The highest BCUT2D eigenvalue weighted by Gasteiger charge is 2.38. The molecule has 6 nitrogen and oxygen atoms in total. The number of pyridine rings is 1. The fourth-order valence-corrected chi connectivity index (χ4v) is 4.24. The van der Waals surface area contributed by atoms with Crippen molar-refractivity contribution in [3.63, 3.8) is 0 Å². The fourth-order valence-electron chi connectivity index (χ4n) is 4.24. The Bertz CT molecular complexity index is 2100. The van der Waals surface area contributed by atoms with Crippen LogP contribution >= 0.6 is 0 Å². The third-order valence-electron chi connectivity index (χ3n) is 6.27. The largest absolute Gasteiger partial charge is 0.244 e. The van der Waals surface area contributed by atoms with E-state index >= 15 is 26.3 Å². The number of nitrogens with zero attached hydrogens (tertiary/aromatic N) is 6. The van der Waals surface area contributed by atoms with Crippen LogP contribution in [0.25, 0.3) is 33.6 Å². The molecule has 4 aromatic rings. The summed E-state index contributed by atoms with van der Waals surface area (Å²) in [6.45, 7) is 0. The zero-order valence-corrected chi connectivity index (χ0v) is 21.2. The molecule has 0 bridgehead atoms. The number of hydrogen-bond donors (Lipinski definition) is 0. The maximum atomic E-state index is 15.3. The standard InChI is InChI=1S/C28F12N6/c29-15-8(3-43)16(30)22(36)12(21(15)35)11-6(1-41)27(13-23(37)17(31)9(4-44)18(32)24(13)38)46-28(7(11)2-42)14-25(39)19(33)10(5-45)20(34)26(14)40. The summed E-state index contributed by atoms with van der Waals surface area (Å²) < 4.78 is 179. The van der Waals surface area contributed by atoms with E-state index in [0.717, 1.165) is 30.3 Å². The summed E-state index contributed by atoms with van der Waals surface area (Å²) in [6, 6.07) is 4.13. The van der Waals surface area contributed by atoms with Gasteiger partial charge < -0.3 is 0 Å². The third kappa shape index (κ3) is 4.30. The van der Waals surface area contributed by atoms with Gasteiger partial charge >= 0.3 is 0 Å². The maximum absolute atomic E-state index is 15.3. The van der Waals surface area contributed by atoms with Crippen molar-refractivity contribution in [2.45, 2.75) is 0 Å². The van der Waals surface area contributed by atoms with E-state index in [1.54, 1.807) is 0 Å². The Morgan fingerprint density at radius 3 is 0.717 bits per heavy atom. The minimum absolute atomic E-state index is 0.742. The molecule has 0 aliphatic heterocycles. The van der Waals surface area contributed by atoms with Crippen molar-refractivity contribution in [1.82, 2.24) is 4.98 Å². The molecule has 0 N–H and O–H groups in total. The van der Waals surface area contributed by atoms with Gasteiger partial charge in [-0.15, -0.1) is 0 Å². The molecular formula is C28F12N6. The molecule has 0 amide bonds. The Morgan fingerprint density at radius 2 is 0.500 bits per heavy atom. The fraction of sp³-hybridized carbons (Fsp3) is 0. The number of benzene rings is 3. The lowest BCUT2D eigenvalue weighted by Crippen LogP contribution is -2.12. The van der Waals surface area contributed by atoms with Gasteiger partial charge in [0.1, 0.15) is 47.0 Å². The number of halogens is 12. The highest BCUT2D eigenvalue weighted by Crippen LogP contribution is 2.45. The Hall–Kier alpha value is -6.58. The Balaban J connectivity index is 2.46. The van der Waals surface area contributed by atoms with Crippen LogP contribution in [-0.2, 0) is 0 Å². The maximum Gasteiger partial charge on any atom is 0.180 e. The number of hydrogen-bond acceptors (Lipinski definition) is 6. The topological polar surface area (TPSA) is 132 Å². The Labute approximate surface area is 246 Å². The Morgan fingerprint density at radius 1 is 0.283 bits per heavy atom. The second kappa shape index (κ2) is 11.5. The lowest BCUT2D eigenvalue weighted by Gasteiger charge is -2.19. The molecule has 0 spiro atoms. The van der Waals surface area contributed by atoms with Crippen molar-refractivity contribution >= 4 is 0 Å². The molecule has 1 aromatic heterocycles. The van der Waals surface area contributed by atoms with Gasteiger partial charge in [0.05, 0.1) is 39.2 Å². The van der Waals surface area contributed by atoms with Crippen LogP contribution in [0.2, 0.25) is 0 Å². The summed E-state index contributed by atoms with van der Waals surface area (Å²) in [4.78, 5) is 3.18. The van der Waals surface area contributed by atoms with Crippen LogP contribution in [-0.4, -0.2) is 4.98 Å². The highest BCUT2D eigenvalue weighted by molar-refractivity contribution is 5.90. The van der Waals surface area contributed by atoms with Crippen LogP contribution < -0.4 is 0 Å². The van der Waals surface area contributed by atoms with Gasteiger partial charge in [-0.25, -0.2) is 57.7 Å². The molecule has 18 heteroatoms. The molecule has 0 aliphatic carbocycles. The van der Waals surface area contributed by atoms with Gasteiger partial charge in [-0.3, -0.25) is 0 Å². The summed E-state index contributed by atoms with van der Waals surface area (Å²) in [5, 5.41) is 46.3. The predicted octanol–water partition coefficient (Wildman–Crippen LogP) is 7.11. The summed E-state index contributed by atoms with van der Waals surface area (Å²) in [7, 11) is 0. The van der Waals surface area contributed by atoms with Crippen LogP contribution in [0.5, 0.6) is 0 Å². The summed E-state index contributed by atoms with van der Waals surface area (Å²) in [5.74, 6) is -30.8. The average molecular weight is 648 g/mol. The van der Waals surface area contributed by atoms with Gasteiger partial charge in [-0.05, 0) is 0 Å². The van der Waals surface area contributed by atoms with Crippen LogP contribution in [0.15, 0.2) is 0 Å². The monoisotopic (exact) mass is 648 g/mol. The second-order valence-electron chi connectivity index (χ2n) is 8.51. The van der Waals surface area contributed by atoms with E-state index in [9.17, 15) is 36.9 Å². The first-order valence-corrected chi connectivity index (χ1v) is 11.3. The van der Waals surface area contributed by atoms with Crippen molar-refractivity contribution in [3.8, 4) is 64.0 Å². The van der Waals surface area contributed by atoms with Crippen molar-refractivity contribution in [2.75, 3.05) is 0 Å². The molecule has 0 saturated carbocycles. The van der Waals surface area contributed by atoms with Crippen molar-refractivity contribution in [3.05, 3.63) is 97.6 Å². The minimum Gasteiger partial charge on any atom is -0.244 e. The van der Waals surface area contributed by atoms with Crippen LogP contribution in [0.4, 0.5) is 52.7 Å². The van der Waals surface area contributed by atoms with Crippen molar-refractivity contribution in [2.24, 2.45) is 0 Å². The van der Waals surface area contributed by atoms with Crippen molar-refractivity contribution < 1.29 is 52.7 Å². The van der Waals surface area contributed by atoms with Gasteiger partial charge in [0, 0.05) is 5.56 Å². The van der Waals surface area contributed by atoms with Gasteiger partial charge in [-0.1, -0.05) is 0 Å². The SMILES string of the molecule is N#Cc1c(F)c(F)c(-c2nc(-c3c(F)c(F)c(C#N)c(F)c3F)c(C#N)c(-c3c(F)c(F)c(C#N)c(F)c3F)c2C#N)c(F)c1F. The molecule has 0 radical (unpaired) electrons. The molecule has 0 saturated heterocycles. The van der Waals surface area contributed by atoms with E-state index in [-0.39, 0.29) is 0 Å². The average Bonchev–Trinajstić information content (AvgIpc) is 3.03. The first kappa shape index (κ1) is 32.3. The third-order valence-corrected chi connectivity index (χ3v) is 6.27. The minimum atomic E-state index is -2.64. The molecule has 0 fully saturated rings. The van der Waals surface area contributed by atoms with E-state index in [1.807, 2.05) is 0 Å². The van der Waals surface area contributed by atoms with Gasteiger partial charge in [-0.2, -0.15) is 26.3 Å². The summed E-state index contributed by atoms with van der Waals surface area (Å²) in [5.41, 5.74) is -21.8. The zero-order valence-electron chi connectivity index (χ0n) is 21.2. The molecule has 226 valence electrons. The molecule has 0 atom stereocenters. The van der Waals surface area contributed by atoms with Crippen LogP contribution in [0.3, 0.4) is 0 Å². The van der Waals surface area contributed by atoms with E-state index in [2.05, 4.69) is 4.98 Å². The smallest absolute Gasteiger partial charge is 0.180 e. The predicted molar refractivity (Wildman–Crippen MR) is 124 cm³/mol. The van der Waals surface area contributed by atoms with E-state index in [1.165, 1.54) is 0 Å². The normalized spacial score (nSPS) is 10.5. The molecular weight excluding hydrogens is 648 g/mol. The molecule has 1 heterocycles. The molecule has 46 heavy (non-hydrogen) atoms. The number of aromatic nitrogens is 1. The highest BCUT2D eigenvalue weighted by atomic mass is 19.2. The van der Waals surface area contributed by atoms with E-state index in [0.29, 0.717) is 0 Å². The van der Waals surface area contributed by atoms with Crippen molar-refractivity contribution in [1.29, 1.82) is 26.3 Å². The second-order valence-corrected chi connectivity index (χ2v) is 8.51. The first-order chi connectivity index (χ1) is 21.7. The molecule has 3 aromatic carbocycles. The Kier molecular flexibility index (Phi) is 8.08. The summed E-state index contributed by atoms with van der Waals surface area (Å²) in [6.07, 6.45) is 0. The molecule has 0 unspecified atom stereocenters. The number of nitriles is 5. The molecule has 0 aliphatic rings. The van der Waals surface area contributed by atoms with Gasteiger partial charge in [0.2, 0.25) is 0 Å². The van der Waals surface area contributed by atoms with E-state index in [4.69, 9.17) is 15.8 Å². The summed E-state index contributed by atoms with van der Waals surface area (Å²) >= 11 is 0. The lowest BCUT2D eigenvalue weighted by molar-refractivity contribution is 0.452. The van der Waals surface area contributed by atoms with Gasteiger partial charge in [0.15, 0.2) is 69.8 Å². The number of rotatable bonds is 3. The van der Waals surface area contributed by atoms with Crippen LogP contribution in [0, 0.1) is 126 Å². The van der Waals surface area contributed by atoms with Crippen LogP contribution in [0.1, 0.15) is 27.8 Å². The van der Waals surface area contributed by atoms with Gasteiger partial charge in [0.25, 0.3) is 0 Å². The lowest BCUT2D eigenvalue weighted by atomic mass is 9.87. The quantitative estimate of drug-likeness (QED) is 0.172. The molecule has 4 rings (SSSR count).